The largest absolute Gasteiger partial charge is 0.505 e. The summed E-state index contributed by atoms with van der Waals surface area (Å²) < 4.78 is 13.3. The number of aromatic hydroxyl groups is 1. The van der Waals surface area contributed by atoms with Crippen molar-refractivity contribution in [1.29, 1.82) is 0 Å². The van der Waals surface area contributed by atoms with Crippen LogP contribution >= 0.6 is 0 Å². The number of phenols is 1. The lowest BCUT2D eigenvalue weighted by Crippen LogP contribution is -2.32. The van der Waals surface area contributed by atoms with Gasteiger partial charge in [-0.2, -0.15) is 0 Å². The minimum atomic E-state index is -0.559. The number of rotatable bonds is 4. The fraction of sp³-hybridized carbons (Fsp3) is 0.647. The average Bonchev–Trinajstić information content (AvgIpc) is 2.43. The highest BCUT2D eigenvalue weighted by Gasteiger charge is 2.31. The van der Waals surface area contributed by atoms with E-state index in [0.29, 0.717) is 11.5 Å². The zero-order valence-corrected chi connectivity index (χ0v) is 12.7. The Labute approximate surface area is 121 Å². The lowest BCUT2D eigenvalue weighted by atomic mass is 9.69. The number of hydrogen-bond acceptors (Lipinski definition) is 2. The Hall–Kier alpha value is -1.25. The molecule has 0 amide bonds. The van der Waals surface area contributed by atoms with E-state index in [1.165, 1.54) is 31.4 Å². The highest BCUT2D eigenvalue weighted by molar-refractivity contribution is 5.47. The molecule has 1 aromatic rings. The molecule has 112 valence electrons. The van der Waals surface area contributed by atoms with E-state index in [0.717, 1.165) is 24.4 Å². The van der Waals surface area contributed by atoms with Crippen LogP contribution in [-0.2, 0) is 0 Å². The van der Waals surface area contributed by atoms with E-state index in [-0.39, 0.29) is 5.75 Å². The smallest absolute Gasteiger partial charge is 0.166 e. The zero-order chi connectivity index (χ0) is 14.8. The molecule has 20 heavy (non-hydrogen) atoms. The van der Waals surface area contributed by atoms with Crippen molar-refractivity contribution in [2.24, 2.45) is 11.3 Å². The SMILES string of the molecule is CCC(C)(C)C1CCC(Nc2ccc(O)c(F)c2)CC1. The molecule has 1 fully saturated rings. The van der Waals surface area contributed by atoms with Crippen LogP contribution in [0.2, 0.25) is 0 Å². The van der Waals surface area contributed by atoms with Crippen LogP contribution in [0.4, 0.5) is 10.1 Å². The minimum Gasteiger partial charge on any atom is -0.505 e. The Morgan fingerprint density at radius 1 is 1.25 bits per heavy atom. The second kappa shape index (κ2) is 6.02. The highest BCUT2D eigenvalue weighted by Crippen LogP contribution is 2.41. The first-order valence-corrected chi connectivity index (χ1v) is 7.67. The summed E-state index contributed by atoms with van der Waals surface area (Å²) in [6.07, 6.45) is 5.96. The molecule has 0 aromatic heterocycles. The summed E-state index contributed by atoms with van der Waals surface area (Å²) in [5.41, 5.74) is 1.19. The molecule has 1 aliphatic carbocycles. The molecule has 0 heterocycles. The molecule has 3 heteroatoms. The number of phenolic OH excluding ortho intramolecular Hbond substituents is 1. The van der Waals surface area contributed by atoms with Crippen molar-refractivity contribution in [1.82, 2.24) is 0 Å². The molecule has 0 spiro atoms. The van der Waals surface area contributed by atoms with Crippen molar-refractivity contribution in [2.45, 2.75) is 58.9 Å². The summed E-state index contributed by atoms with van der Waals surface area (Å²) in [4.78, 5) is 0. The Bertz CT molecular complexity index is 450. The number of hydrogen-bond donors (Lipinski definition) is 2. The normalized spacial score (nSPS) is 23.6. The summed E-state index contributed by atoms with van der Waals surface area (Å²) >= 11 is 0. The molecule has 0 atom stereocenters. The number of benzene rings is 1. The quantitative estimate of drug-likeness (QED) is 0.765. The third kappa shape index (κ3) is 3.44. The lowest BCUT2D eigenvalue weighted by molar-refractivity contribution is 0.147. The Morgan fingerprint density at radius 2 is 1.90 bits per heavy atom. The van der Waals surface area contributed by atoms with Crippen LogP contribution in [0.3, 0.4) is 0 Å². The summed E-state index contributed by atoms with van der Waals surface area (Å²) in [6.45, 7) is 6.99. The van der Waals surface area contributed by atoms with Gasteiger partial charge in [-0.15, -0.1) is 0 Å². The van der Waals surface area contributed by atoms with E-state index in [1.807, 2.05) is 0 Å². The van der Waals surface area contributed by atoms with Crippen molar-refractivity contribution in [3.05, 3.63) is 24.0 Å². The first kappa shape index (κ1) is 15.1. The van der Waals surface area contributed by atoms with Crippen LogP contribution in [0.25, 0.3) is 0 Å². The maximum atomic E-state index is 13.3. The molecule has 0 radical (unpaired) electrons. The topological polar surface area (TPSA) is 32.3 Å². The van der Waals surface area contributed by atoms with Gasteiger partial charge >= 0.3 is 0 Å². The standard InChI is InChI=1S/C17H26FNO/c1-4-17(2,3)12-5-7-13(8-6-12)19-14-9-10-16(20)15(18)11-14/h9-13,19-20H,4-8H2,1-3H3. The zero-order valence-electron chi connectivity index (χ0n) is 12.7. The van der Waals surface area contributed by atoms with E-state index in [4.69, 9.17) is 0 Å². The predicted molar refractivity (Wildman–Crippen MR) is 81.5 cm³/mol. The van der Waals surface area contributed by atoms with Gasteiger partial charge in [0.05, 0.1) is 0 Å². The molecule has 0 saturated heterocycles. The van der Waals surface area contributed by atoms with Gasteiger partial charge in [-0.3, -0.25) is 0 Å². The average molecular weight is 279 g/mol. The minimum absolute atomic E-state index is 0.288. The summed E-state index contributed by atoms with van der Waals surface area (Å²) in [5.74, 6) is -0.0538. The highest BCUT2D eigenvalue weighted by atomic mass is 19.1. The van der Waals surface area contributed by atoms with E-state index >= 15 is 0 Å². The molecule has 1 saturated carbocycles. The van der Waals surface area contributed by atoms with E-state index in [2.05, 4.69) is 26.1 Å². The Kier molecular flexibility index (Phi) is 4.56. The molecule has 2 rings (SSSR count). The summed E-state index contributed by atoms with van der Waals surface area (Å²) in [5, 5.41) is 12.6. The fourth-order valence-electron chi connectivity index (χ4n) is 3.14. The van der Waals surface area contributed by atoms with Crippen LogP contribution in [0.5, 0.6) is 5.75 Å². The molecular weight excluding hydrogens is 253 g/mol. The molecule has 2 N–H and O–H groups in total. The number of halogens is 1. The van der Waals surface area contributed by atoms with Gasteiger partial charge in [0.1, 0.15) is 0 Å². The number of nitrogens with one attached hydrogen (secondary N) is 1. The van der Waals surface area contributed by atoms with Crippen molar-refractivity contribution >= 4 is 5.69 Å². The first-order valence-electron chi connectivity index (χ1n) is 7.67. The van der Waals surface area contributed by atoms with Gasteiger partial charge in [-0.25, -0.2) is 4.39 Å². The third-order valence-corrected chi connectivity index (χ3v) is 5.06. The second-order valence-electron chi connectivity index (χ2n) is 6.70. The van der Waals surface area contributed by atoms with Gasteiger partial charge < -0.3 is 10.4 Å². The van der Waals surface area contributed by atoms with Gasteiger partial charge in [-0.1, -0.05) is 27.2 Å². The van der Waals surface area contributed by atoms with Crippen molar-refractivity contribution in [2.75, 3.05) is 5.32 Å². The van der Waals surface area contributed by atoms with Crippen molar-refractivity contribution in [3.8, 4) is 5.75 Å². The molecule has 0 bridgehead atoms. The Balaban J connectivity index is 1.90. The maximum Gasteiger partial charge on any atom is 0.166 e. The van der Waals surface area contributed by atoms with Gasteiger partial charge in [0.2, 0.25) is 0 Å². The third-order valence-electron chi connectivity index (χ3n) is 5.06. The number of anilines is 1. The first-order chi connectivity index (χ1) is 9.42. The van der Waals surface area contributed by atoms with Gasteiger partial charge in [-0.05, 0) is 49.1 Å². The van der Waals surface area contributed by atoms with Crippen LogP contribution in [-0.4, -0.2) is 11.1 Å². The molecule has 1 aromatic carbocycles. The van der Waals surface area contributed by atoms with Crippen LogP contribution < -0.4 is 5.32 Å². The van der Waals surface area contributed by atoms with Crippen molar-refractivity contribution in [3.63, 3.8) is 0 Å². The van der Waals surface area contributed by atoms with E-state index < -0.39 is 5.82 Å². The van der Waals surface area contributed by atoms with Crippen LogP contribution in [0.1, 0.15) is 52.9 Å². The van der Waals surface area contributed by atoms with Gasteiger partial charge in [0.25, 0.3) is 0 Å². The molecule has 2 nitrogen and oxygen atoms in total. The fourth-order valence-corrected chi connectivity index (χ4v) is 3.14. The van der Waals surface area contributed by atoms with Crippen LogP contribution in [0, 0.1) is 17.2 Å². The molecule has 0 aliphatic heterocycles. The maximum absolute atomic E-state index is 13.3. The van der Waals surface area contributed by atoms with E-state index in [9.17, 15) is 9.50 Å². The molecular formula is C17H26FNO. The monoisotopic (exact) mass is 279 g/mol. The molecule has 1 aliphatic rings. The van der Waals surface area contributed by atoms with Crippen LogP contribution in [0.15, 0.2) is 18.2 Å². The summed E-state index contributed by atoms with van der Waals surface area (Å²) in [6, 6.07) is 4.93. The second-order valence-corrected chi connectivity index (χ2v) is 6.70. The van der Waals surface area contributed by atoms with Gasteiger partial charge in [0, 0.05) is 17.8 Å². The van der Waals surface area contributed by atoms with E-state index in [1.54, 1.807) is 6.07 Å². The van der Waals surface area contributed by atoms with Gasteiger partial charge in [0.15, 0.2) is 11.6 Å². The Morgan fingerprint density at radius 3 is 2.45 bits per heavy atom. The molecule has 0 unspecified atom stereocenters. The van der Waals surface area contributed by atoms with Crippen molar-refractivity contribution < 1.29 is 9.50 Å². The lowest BCUT2D eigenvalue weighted by Gasteiger charge is -2.39. The predicted octanol–water partition coefficient (Wildman–Crippen LogP) is 4.94. The summed E-state index contributed by atoms with van der Waals surface area (Å²) in [7, 11) is 0.